The van der Waals surface area contributed by atoms with Gasteiger partial charge in [-0.25, -0.2) is 8.78 Å². The molecule has 3 N–H and O–H groups in total. The summed E-state index contributed by atoms with van der Waals surface area (Å²) in [5, 5.41) is 27.0. The average Bonchev–Trinajstić information content (AvgIpc) is 3.46. The van der Waals surface area contributed by atoms with Crippen LogP contribution in [0.1, 0.15) is 43.2 Å². The summed E-state index contributed by atoms with van der Waals surface area (Å²) in [5.74, 6) is -7.03. The number of nitriles is 1. The number of aliphatic hydroxyl groups is 1. The predicted molar refractivity (Wildman–Crippen MR) is 135 cm³/mol. The smallest absolute Gasteiger partial charge is 0.264 e. The highest BCUT2D eigenvalue weighted by molar-refractivity contribution is 6.01. The zero-order valence-electron chi connectivity index (χ0n) is 21.1. The van der Waals surface area contributed by atoms with Crippen LogP contribution >= 0.6 is 0 Å². The minimum absolute atomic E-state index is 0.0351. The predicted octanol–water partition coefficient (Wildman–Crippen LogP) is 2.45. The molecule has 3 saturated heterocycles. The lowest BCUT2D eigenvalue weighted by Gasteiger charge is -2.54. The molecule has 2 aromatic carbocycles. The molecule has 4 fully saturated rings. The third-order valence-corrected chi connectivity index (χ3v) is 8.83. The van der Waals surface area contributed by atoms with Crippen LogP contribution in [0.4, 0.5) is 8.78 Å². The van der Waals surface area contributed by atoms with Crippen LogP contribution in [0.5, 0.6) is 0 Å². The standard InChI is InChI=1S/C29H28F2N4O4/c30-28(31)14-18-9-10-23(28)24(26(37)34-17(15-32)13-16-11-12-33-25(16)36)35(18)27(38)29(39)21-7-3-1-5-19(21)20-6-2-4-8-22(20)29/h1-8,16-18,23-24,39H,9-14H2,(H,33,36)(H,34,37). The molecule has 1 saturated carbocycles. The van der Waals surface area contributed by atoms with E-state index in [-0.39, 0.29) is 25.2 Å². The fourth-order valence-electron chi connectivity index (χ4n) is 6.98. The molecule has 10 heteroatoms. The quantitative estimate of drug-likeness (QED) is 0.544. The zero-order valence-corrected chi connectivity index (χ0v) is 21.1. The number of carbonyl (C=O) groups excluding carboxylic acids is 3. The Balaban J connectivity index is 1.36. The van der Waals surface area contributed by atoms with Crippen molar-refractivity contribution in [3.05, 3.63) is 59.7 Å². The Morgan fingerprint density at radius 1 is 1.10 bits per heavy atom. The first-order chi connectivity index (χ1) is 18.7. The van der Waals surface area contributed by atoms with Crippen molar-refractivity contribution in [1.29, 1.82) is 5.26 Å². The van der Waals surface area contributed by atoms with E-state index in [4.69, 9.17) is 0 Å². The molecule has 0 aromatic heterocycles. The average molecular weight is 535 g/mol. The minimum Gasteiger partial charge on any atom is -0.372 e. The molecule has 0 radical (unpaired) electrons. The molecular weight excluding hydrogens is 506 g/mol. The van der Waals surface area contributed by atoms with Crippen molar-refractivity contribution < 1.29 is 28.3 Å². The van der Waals surface area contributed by atoms with Gasteiger partial charge < -0.3 is 20.6 Å². The van der Waals surface area contributed by atoms with Gasteiger partial charge in [-0.2, -0.15) is 5.26 Å². The number of benzene rings is 2. The molecule has 2 bridgehead atoms. The van der Waals surface area contributed by atoms with E-state index in [0.717, 1.165) is 4.90 Å². The fourth-order valence-corrected chi connectivity index (χ4v) is 6.98. The van der Waals surface area contributed by atoms with E-state index in [1.165, 1.54) is 0 Å². The first-order valence-corrected chi connectivity index (χ1v) is 13.3. The van der Waals surface area contributed by atoms with Crippen LogP contribution in [0.15, 0.2) is 48.5 Å². The number of nitrogens with zero attached hydrogens (tertiary/aromatic N) is 2. The van der Waals surface area contributed by atoms with Gasteiger partial charge in [-0.15, -0.1) is 0 Å². The second kappa shape index (κ2) is 9.12. The minimum atomic E-state index is -3.19. The van der Waals surface area contributed by atoms with Gasteiger partial charge in [0.25, 0.3) is 11.8 Å². The van der Waals surface area contributed by atoms with Crippen molar-refractivity contribution in [2.75, 3.05) is 6.54 Å². The number of alkyl halides is 2. The van der Waals surface area contributed by atoms with E-state index in [9.17, 15) is 24.8 Å². The maximum absolute atomic E-state index is 15.2. The van der Waals surface area contributed by atoms with Crippen LogP contribution < -0.4 is 10.6 Å². The van der Waals surface area contributed by atoms with Gasteiger partial charge in [0, 0.05) is 36.1 Å². The summed E-state index contributed by atoms with van der Waals surface area (Å²) in [6.45, 7) is 0.470. The molecule has 3 heterocycles. The maximum Gasteiger partial charge on any atom is 0.264 e. The number of hydrogen-bond acceptors (Lipinski definition) is 5. The van der Waals surface area contributed by atoms with Gasteiger partial charge in [0.05, 0.1) is 12.0 Å². The summed E-state index contributed by atoms with van der Waals surface area (Å²) < 4.78 is 30.4. The SMILES string of the molecule is N#CC(CC1CCNC1=O)NC(=O)C1C2CCC(CC2(F)F)N1C(=O)C1(O)c2ccccc2-c2ccccc21. The number of nitrogens with one attached hydrogen (secondary N) is 2. The number of amides is 3. The second-order valence-electron chi connectivity index (χ2n) is 11.0. The Labute approximate surface area is 224 Å². The van der Waals surface area contributed by atoms with E-state index < -0.39 is 59.7 Å². The van der Waals surface area contributed by atoms with E-state index in [1.54, 1.807) is 48.5 Å². The van der Waals surface area contributed by atoms with Crippen molar-refractivity contribution in [2.24, 2.45) is 11.8 Å². The molecule has 7 rings (SSSR count). The van der Waals surface area contributed by atoms with Crippen LogP contribution in [0.2, 0.25) is 0 Å². The molecule has 5 atom stereocenters. The summed E-state index contributed by atoms with van der Waals surface area (Å²) in [6.07, 6.45) is 0.266. The summed E-state index contributed by atoms with van der Waals surface area (Å²) in [5.41, 5.74) is -0.153. The number of halogens is 2. The summed E-state index contributed by atoms with van der Waals surface area (Å²) in [7, 11) is 0. The van der Waals surface area contributed by atoms with Gasteiger partial charge >= 0.3 is 0 Å². The molecule has 5 unspecified atom stereocenters. The van der Waals surface area contributed by atoms with Crippen LogP contribution in [0.3, 0.4) is 0 Å². The number of carbonyl (C=O) groups is 3. The number of piperidine rings is 2. The lowest BCUT2D eigenvalue weighted by molar-refractivity contribution is -0.201. The summed E-state index contributed by atoms with van der Waals surface area (Å²) in [4.78, 5) is 41.2. The number of fused-ring (bicyclic) bond motifs is 6. The molecule has 0 spiro atoms. The van der Waals surface area contributed by atoms with Crippen molar-refractivity contribution in [3.8, 4) is 17.2 Å². The highest BCUT2D eigenvalue weighted by Gasteiger charge is 2.63. The summed E-state index contributed by atoms with van der Waals surface area (Å²) >= 11 is 0. The molecule has 2 aromatic rings. The van der Waals surface area contributed by atoms with E-state index in [1.807, 2.05) is 6.07 Å². The third-order valence-electron chi connectivity index (χ3n) is 8.83. The van der Waals surface area contributed by atoms with Crippen LogP contribution in [-0.2, 0) is 20.0 Å². The van der Waals surface area contributed by atoms with Crippen LogP contribution in [0.25, 0.3) is 11.1 Å². The Kier molecular flexibility index (Phi) is 5.95. The molecular formula is C29H28F2N4O4. The molecule has 202 valence electrons. The van der Waals surface area contributed by atoms with Crippen molar-refractivity contribution in [3.63, 3.8) is 0 Å². The number of hydrogen-bond donors (Lipinski definition) is 3. The van der Waals surface area contributed by atoms with E-state index >= 15 is 8.78 Å². The van der Waals surface area contributed by atoms with Gasteiger partial charge in [0.2, 0.25) is 11.8 Å². The van der Waals surface area contributed by atoms with E-state index in [0.29, 0.717) is 35.2 Å². The second-order valence-corrected chi connectivity index (χ2v) is 11.0. The van der Waals surface area contributed by atoms with Gasteiger partial charge in [-0.1, -0.05) is 48.5 Å². The highest BCUT2D eigenvalue weighted by atomic mass is 19.3. The maximum atomic E-state index is 15.2. The molecule has 5 aliphatic rings. The van der Waals surface area contributed by atoms with Gasteiger partial charge in [-0.3, -0.25) is 14.4 Å². The van der Waals surface area contributed by atoms with Gasteiger partial charge in [0.1, 0.15) is 12.1 Å². The normalized spacial score (nSPS) is 28.2. The Hall–Kier alpha value is -3.84. The first-order valence-electron chi connectivity index (χ1n) is 13.3. The monoisotopic (exact) mass is 534 g/mol. The molecule has 3 aliphatic heterocycles. The highest BCUT2D eigenvalue weighted by Crippen LogP contribution is 2.53. The van der Waals surface area contributed by atoms with Crippen LogP contribution in [-0.4, -0.2) is 58.3 Å². The largest absolute Gasteiger partial charge is 0.372 e. The summed E-state index contributed by atoms with van der Waals surface area (Å²) in [6, 6.07) is 12.2. The molecule has 39 heavy (non-hydrogen) atoms. The Morgan fingerprint density at radius 3 is 2.31 bits per heavy atom. The van der Waals surface area contributed by atoms with Gasteiger partial charge in [-0.05, 0) is 36.8 Å². The van der Waals surface area contributed by atoms with Crippen LogP contribution in [0, 0.1) is 23.2 Å². The first kappa shape index (κ1) is 25.4. The third kappa shape index (κ3) is 3.82. The fraction of sp³-hybridized carbons (Fsp3) is 0.448. The van der Waals surface area contributed by atoms with E-state index in [2.05, 4.69) is 10.6 Å². The Morgan fingerprint density at radius 2 is 1.74 bits per heavy atom. The molecule has 2 aliphatic carbocycles. The lowest BCUT2D eigenvalue weighted by Crippen LogP contribution is -2.70. The topological polar surface area (TPSA) is 123 Å². The van der Waals surface area contributed by atoms with Crippen molar-refractivity contribution in [2.45, 2.75) is 61.8 Å². The lowest BCUT2D eigenvalue weighted by atomic mass is 9.70. The van der Waals surface area contributed by atoms with Crippen molar-refractivity contribution >= 4 is 17.7 Å². The zero-order chi connectivity index (χ0) is 27.5. The van der Waals surface area contributed by atoms with Crippen molar-refractivity contribution in [1.82, 2.24) is 15.5 Å². The molecule has 8 nitrogen and oxygen atoms in total. The van der Waals surface area contributed by atoms with Gasteiger partial charge in [0.15, 0.2) is 5.60 Å². The number of rotatable bonds is 5. The molecule has 3 amide bonds. The Bertz CT molecular complexity index is 1360.